The molecule has 94 valence electrons. The minimum absolute atomic E-state index is 0.142. The van der Waals surface area contributed by atoms with Gasteiger partial charge in [0.05, 0.1) is 5.56 Å². The number of anilines is 1. The van der Waals surface area contributed by atoms with Crippen molar-refractivity contribution in [3.8, 4) is 0 Å². The first kappa shape index (κ1) is 13.8. The van der Waals surface area contributed by atoms with Crippen molar-refractivity contribution < 1.29 is 4.79 Å². The van der Waals surface area contributed by atoms with Gasteiger partial charge in [-0.3, -0.25) is 9.78 Å². The highest BCUT2D eigenvalue weighted by Crippen LogP contribution is 2.11. The van der Waals surface area contributed by atoms with Gasteiger partial charge in [-0.25, -0.2) is 0 Å². The molecule has 0 bridgehead atoms. The summed E-state index contributed by atoms with van der Waals surface area (Å²) >= 11 is 1.87. The number of nitrogens with two attached hydrogens (primary N) is 1. The van der Waals surface area contributed by atoms with E-state index in [9.17, 15) is 4.79 Å². The number of pyridine rings is 1. The molecule has 17 heavy (non-hydrogen) atoms. The molecule has 0 aliphatic carbocycles. The zero-order chi connectivity index (χ0) is 12.7. The third-order valence-corrected chi connectivity index (χ3v) is 3.26. The molecule has 0 radical (unpaired) electrons. The minimum Gasteiger partial charge on any atom is -0.398 e. The van der Waals surface area contributed by atoms with Crippen molar-refractivity contribution in [2.75, 3.05) is 23.8 Å². The largest absolute Gasteiger partial charge is 0.398 e. The van der Waals surface area contributed by atoms with Crippen LogP contribution >= 0.6 is 11.8 Å². The van der Waals surface area contributed by atoms with E-state index in [0.717, 1.165) is 23.6 Å². The van der Waals surface area contributed by atoms with Crippen LogP contribution in [0.5, 0.6) is 0 Å². The second kappa shape index (κ2) is 7.17. The molecule has 4 nitrogen and oxygen atoms in total. The van der Waals surface area contributed by atoms with Gasteiger partial charge in [-0.2, -0.15) is 11.8 Å². The number of nitrogens with zero attached hydrogens (tertiary/aromatic N) is 1. The summed E-state index contributed by atoms with van der Waals surface area (Å²) in [5.41, 5.74) is 7.53. The van der Waals surface area contributed by atoms with Gasteiger partial charge in [0.1, 0.15) is 0 Å². The number of hydrogen-bond donors (Lipinski definition) is 2. The van der Waals surface area contributed by atoms with Crippen LogP contribution in [0.25, 0.3) is 0 Å². The summed E-state index contributed by atoms with van der Waals surface area (Å²) in [6, 6.07) is 1.71. The molecular formula is C12H19N3OS. The second-order valence-corrected chi connectivity index (χ2v) is 5.11. The van der Waals surface area contributed by atoms with E-state index < -0.39 is 0 Å². The molecule has 0 aromatic carbocycles. The highest BCUT2D eigenvalue weighted by molar-refractivity contribution is 7.99. The van der Waals surface area contributed by atoms with Gasteiger partial charge in [0.25, 0.3) is 5.91 Å². The van der Waals surface area contributed by atoms with Crippen LogP contribution in [0.4, 0.5) is 5.69 Å². The lowest BCUT2D eigenvalue weighted by molar-refractivity contribution is 0.0954. The predicted octanol–water partition coefficient (Wildman–Crippen LogP) is 1.85. The number of thioether (sulfide) groups is 1. The van der Waals surface area contributed by atoms with Crippen molar-refractivity contribution in [1.82, 2.24) is 10.3 Å². The SMILES string of the molecule is CCSCCCNC(=O)c1cnc(C)cc1N. The maximum absolute atomic E-state index is 11.8. The van der Waals surface area contributed by atoms with Crippen LogP contribution in [0.1, 0.15) is 29.4 Å². The Balaban J connectivity index is 2.42. The molecule has 1 rings (SSSR count). The monoisotopic (exact) mass is 253 g/mol. The molecule has 0 fully saturated rings. The fourth-order valence-corrected chi connectivity index (χ4v) is 2.02. The lowest BCUT2D eigenvalue weighted by Gasteiger charge is -2.07. The first-order valence-corrected chi connectivity index (χ1v) is 6.88. The summed E-state index contributed by atoms with van der Waals surface area (Å²) in [4.78, 5) is 15.8. The average molecular weight is 253 g/mol. The van der Waals surface area contributed by atoms with E-state index in [-0.39, 0.29) is 5.91 Å². The number of carbonyl (C=O) groups is 1. The summed E-state index contributed by atoms with van der Waals surface area (Å²) in [7, 11) is 0. The number of aromatic nitrogens is 1. The number of amides is 1. The van der Waals surface area contributed by atoms with Crippen LogP contribution in [0.15, 0.2) is 12.3 Å². The molecule has 1 amide bonds. The van der Waals surface area contributed by atoms with Crippen molar-refractivity contribution in [3.05, 3.63) is 23.5 Å². The van der Waals surface area contributed by atoms with Crippen LogP contribution in [0.3, 0.4) is 0 Å². The Bertz CT molecular complexity index is 382. The number of hydrogen-bond acceptors (Lipinski definition) is 4. The normalized spacial score (nSPS) is 10.2. The summed E-state index contributed by atoms with van der Waals surface area (Å²) in [6.07, 6.45) is 2.50. The van der Waals surface area contributed by atoms with E-state index in [4.69, 9.17) is 5.73 Å². The van der Waals surface area contributed by atoms with Crippen LogP contribution in [-0.2, 0) is 0 Å². The van der Waals surface area contributed by atoms with E-state index in [0.29, 0.717) is 17.8 Å². The lowest BCUT2D eigenvalue weighted by Crippen LogP contribution is -2.26. The Morgan fingerprint density at radius 3 is 3.00 bits per heavy atom. The van der Waals surface area contributed by atoms with Crippen molar-refractivity contribution in [3.63, 3.8) is 0 Å². The summed E-state index contributed by atoms with van der Waals surface area (Å²) in [6.45, 7) is 4.65. The van der Waals surface area contributed by atoms with Gasteiger partial charge in [0.2, 0.25) is 0 Å². The van der Waals surface area contributed by atoms with Gasteiger partial charge in [-0.15, -0.1) is 0 Å². The van der Waals surface area contributed by atoms with Crippen molar-refractivity contribution in [1.29, 1.82) is 0 Å². The minimum atomic E-state index is -0.142. The van der Waals surface area contributed by atoms with Crippen LogP contribution in [0, 0.1) is 6.92 Å². The fraction of sp³-hybridized carbons (Fsp3) is 0.500. The predicted molar refractivity (Wildman–Crippen MR) is 73.3 cm³/mol. The van der Waals surface area contributed by atoms with E-state index in [1.54, 1.807) is 6.07 Å². The molecule has 1 heterocycles. The van der Waals surface area contributed by atoms with Gasteiger partial charge >= 0.3 is 0 Å². The van der Waals surface area contributed by atoms with Gasteiger partial charge in [0, 0.05) is 24.1 Å². The molecule has 1 aromatic heterocycles. The Morgan fingerprint density at radius 2 is 2.35 bits per heavy atom. The Morgan fingerprint density at radius 1 is 1.59 bits per heavy atom. The highest BCUT2D eigenvalue weighted by Gasteiger charge is 2.09. The fourth-order valence-electron chi connectivity index (χ4n) is 1.39. The molecular weight excluding hydrogens is 234 g/mol. The number of nitrogens with one attached hydrogen (secondary N) is 1. The third kappa shape index (κ3) is 4.65. The maximum Gasteiger partial charge on any atom is 0.254 e. The first-order valence-electron chi connectivity index (χ1n) is 5.73. The van der Waals surface area contributed by atoms with E-state index in [1.807, 2.05) is 18.7 Å². The summed E-state index contributed by atoms with van der Waals surface area (Å²) < 4.78 is 0. The molecule has 0 spiro atoms. The smallest absolute Gasteiger partial charge is 0.254 e. The average Bonchev–Trinajstić information content (AvgIpc) is 2.28. The van der Waals surface area contributed by atoms with Gasteiger partial charge in [-0.1, -0.05) is 6.92 Å². The Kier molecular flexibility index (Phi) is 5.83. The van der Waals surface area contributed by atoms with Crippen molar-refractivity contribution in [2.45, 2.75) is 20.3 Å². The highest BCUT2D eigenvalue weighted by atomic mass is 32.2. The molecule has 0 saturated carbocycles. The quantitative estimate of drug-likeness (QED) is 0.759. The Labute approximate surface area is 106 Å². The molecule has 5 heteroatoms. The Hall–Kier alpha value is -1.23. The molecule has 0 unspecified atom stereocenters. The van der Waals surface area contributed by atoms with Crippen molar-refractivity contribution >= 4 is 23.4 Å². The zero-order valence-electron chi connectivity index (χ0n) is 10.3. The molecule has 0 atom stereocenters. The van der Waals surface area contributed by atoms with Crippen molar-refractivity contribution in [2.24, 2.45) is 0 Å². The van der Waals surface area contributed by atoms with E-state index >= 15 is 0 Å². The lowest BCUT2D eigenvalue weighted by atomic mass is 10.2. The van der Waals surface area contributed by atoms with Crippen LogP contribution in [-0.4, -0.2) is 28.9 Å². The molecule has 3 N–H and O–H groups in total. The zero-order valence-corrected chi connectivity index (χ0v) is 11.1. The maximum atomic E-state index is 11.8. The van der Waals surface area contributed by atoms with Gasteiger partial charge in [0.15, 0.2) is 0 Å². The third-order valence-electron chi connectivity index (χ3n) is 2.27. The molecule has 1 aromatic rings. The molecule has 0 saturated heterocycles. The number of nitrogen functional groups attached to an aromatic ring is 1. The van der Waals surface area contributed by atoms with Crippen LogP contribution < -0.4 is 11.1 Å². The first-order chi connectivity index (χ1) is 8.15. The summed E-state index contributed by atoms with van der Waals surface area (Å²) in [5, 5.41) is 2.85. The second-order valence-electron chi connectivity index (χ2n) is 3.72. The van der Waals surface area contributed by atoms with Gasteiger partial charge in [-0.05, 0) is 30.9 Å². The standard InChI is InChI=1S/C12H19N3OS/c1-3-17-6-4-5-14-12(16)10-8-15-9(2)7-11(10)13/h7-8H,3-6H2,1-2H3,(H2,13,15)(H,14,16). The molecule has 0 aliphatic heterocycles. The number of rotatable bonds is 6. The number of aryl methyl sites for hydroxylation is 1. The topological polar surface area (TPSA) is 68.0 Å². The van der Waals surface area contributed by atoms with Gasteiger partial charge < -0.3 is 11.1 Å². The molecule has 0 aliphatic rings. The van der Waals surface area contributed by atoms with E-state index in [2.05, 4.69) is 17.2 Å². The van der Waals surface area contributed by atoms with Crippen LogP contribution in [0.2, 0.25) is 0 Å². The number of carbonyl (C=O) groups excluding carboxylic acids is 1. The van der Waals surface area contributed by atoms with E-state index in [1.165, 1.54) is 6.20 Å². The summed E-state index contributed by atoms with van der Waals surface area (Å²) in [5.74, 6) is 2.04.